The van der Waals surface area contributed by atoms with Crippen molar-refractivity contribution in [3.05, 3.63) is 45.6 Å². The summed E-state index contributed by atoms with van der Waals surface area (Å²) in [6.45, 7) is 6.54. The number of benzene rings is 1. The van der Waals surface area contributed by atoms with Crippen LogP contribution >= 0.6 is 11.3 Å². The first-order chi connectivity index (χ1) is 14.9. The zero-order valence-electron chi connectivity index (χ0n) is 17.9. The largest absolute Gasteiger partial charge is 0.490 e. The van der Waals surface area contributed by atoms with Crippen molar-refractivity contribution in [3.63, 3.8) is 0 Å². The summed E-state index contributed by atoms with van der Waals surface area (Å²) in [5.41, 5.74) is 2.21. The maximum absolute atomic E-state index is 13.2. The lowest BCUT2D eigenvalue weighted by atomic mass is 10.1. The number of para-hydroxylation sites is 1. The molecule has 0 bridgehead atoms. The lowest BCUT2D eigenvalue weighted by Gasteiger charge is -2.33. The number of thiophene rings is 1. The molecule has 0 radical (unpaired) electrons. The number of aryl methyl sites for hydroxylation is 2. The van der Waals surface area contributed by atoms with E-state index in [0.717, 1.165) is 29.7 Å². The average Bonchev–Trinajstić information content (AvgIpc) is 3.28. The molecule has 0 saturated carbocycles. The molecule has 1 aromatic heterocycles. The maximum atomic E-state index is 13.2. The van der Waals surface area contributed by atoms with Crippen LogP contribution in [0.25, 0.3) is 0 Å². The van der Waals surface area contributed by atoms with Gasteiger partial charge in [-0.05, 0) is 36.4 Å². The van der Waals surface area contributed by atoms with Crippen LogP contribution in [0.1, 0.15) is 33.6 Å². The molecule has 7 nitrogen and oxygen atoms in total. The van der Waals surface area contributed by atoms with Crippen molar-refractivity contribution in [2.45, 2.75) is 37.7 Å². The number of piperidine rings is 1. The number of nitrogens with zero attached hydrogens (tertiary/aromatic N) is 2. The maximum Gasteiger partial charge on any atom is 0.265 e. The van der Waals surface area contributed by atoms with Crippen LogP contribution in [0.15, 0.2) is 34.5 Å². The van der Waals surface area contributed by atoms with E-state index < -0.39 is 10.0 Å². The Labute approximate surface area is 187 Å². The molecule has 0 aliphatic carbocycles. The van der Waals surface area contributed by atoms with Gasteiger partial charge in [-0.25, -0.2) is 8.42 Å². The molecule has 1 aromatic carbocycles. The molecule has 4 rings (SSSR count). The highest BCUT2D eigenvalue weighted by atomic mass is 32.2. The van der Waals surface area contributed by atoms with E-state index >= 15 is 0 Å². The third-order valence-electron chi connectivity index (χ3n) is 5.83. The van der Waals surface area contributed by atoms with Gasteiger partial charge in [-0.2, -0.15) is 4.31 Å². The van der Waals surface area contributed by atoms with Crippen LogP contribution in [0.4, 0.5) is 0 Å². The van der Waals surface area contributed by atoms with Gasteiger partial charge in [0.25, 0.3) is 5.91 Å². The van der Waals surface area contributed by atoms with Crippen LogP contribution in [0.5, 0.6) is 5.75 Å². The van der Waals surface area contributed by atoms with E-state index in [-0.39, 0.29) is 16.9 Å². The Morgan fingerprint density at radius 1 is 1.06 bits per heavy atom. The predicted octanol–water partition coefficient (Wildman–Crippen LogP) is 3.07. The molecule has 1 amide bonds. The Kier molecular flexibility index (Phi) is 6.66. The highest BCUT2D eigenvalue weighted by Crippen LogP contribution is 2.30. The molecule has 2 fully saturated rings. The van der Waals surface area contributed by atoms with Crippen molar-refractivity contribution in [1.82, 2.24) is 9.21 Å². The zero-order chi connectivity index (χ0) is 22.0. The molecule has 0 spiro atoms. The minimum absolute atomic E-state index is 0.0451. The molecular formula is C22H28N2O5S2. The van der Waals surface area contributed by atoms with Crippen molar-refractivity contribution in [1.29, 1.82) is 0 Å². The SMILES string of the molecule is Cc1cccc(C)c1OC1CCN(C(=O)c2sccc2S(=O)(=O)N2CCOCC2)CC1. The number of carbonyl (C=O) groups excluding carboxylic acids is 1. The fraction of sp³-hybridized carbons (Fsp3) is 0.500. The number of rotatable bonds is 5. The van der Waals surface area contributed by atoms with Gasteiger partial charge in [0.15, 0.2) is 0 Å². The van der Waals surface area contributed by atoms with E-state index in [1.807, 2.05) is 32.0 Å². The monoisotopic (exact) mass is 464 g/mol. The van der Waals surface area contributed by atoms with Crippen LogP contribution in [-0.4, -0.2) is 69.0 Å². The number of hydrogen-bond acceptors (Lipinski definition) is 6. The third-order valence-corrected chi connectivity index (χ3v) is 8.81. The average molecular weight is 465 g/mol. The van der Waals surface area contributed by atoms with Crippen LogP contribution in [0.2, 0.25) is 0 Å². The zero-order valence-corrected chi connectivity index (χ0v) is 19.5. The van der Waals surface area contributed by atoms with Gasteiger partial charge in [0.1, 0.15) is 21.6 Å². The molecule has 168 valence electrons. The van der Waals surface area contributed by atoms with Gasteiger partial charge in [-0.15, -0.1) is 11.3 Å². The van der Waals surface area contributed by atoms with Crippen molar-refractivity contribution in [2.24, 2.45) is 0 Å². The second-order valence-corrected chi connectivity index (χ2v) is 10.8. The molecule has 0 N–H and O–H groups in total. The molecule has 9 heteroatoms. The van der Waals surface area contributed by atoms with E-state index in [0.29, 0.717) is 44.3 Å². The predicted molar refractivity (Wildman–Crippen MR) is 119 cm³/mol. The molecule has 2 saturated heterocycles. The molecule has 2 aliphatic rings. The van der Waals surface area contributed by atoms with Gasteiger partial charge in [0.05, 0.1) is 13.2 Å². The number of ether oxygens (including phenoxy) is 2. The third kappa shape index (κ3) is 4.64. The van der Waals surface area contributed by atoms with Crippen molar-refractivity contribution in [3.8, 4) is 5.75 Å². The Morgan fingerprint density at radius 3 is 2.35 bits per heavy atom. The fourth-order valence-electron chi connectivity index (χ4n) is 4.05. The van der Waals surface area contributed by atoms with E-state index in [1.165, 1.54) is 15.6 Å². The molecular weight excluding hydrogens is 436 g/mol. The summed E-state index contributed by atoms with van der Waals surface area (Å²) in [4.78, 5) is 15.3. The lowest BCUT2D eigenvalue weighted by molar-refractivity contribution is 0.0593. The van der Waals surface area contributed by atoms with E-state index in [4.69, 9.17) is 9.47 Å². The summed E-state index contributed by atoms with van der Waals surface area (Å²) in [6.07, 6.45) is 1.48. The number of morpholine rings is 1. The molecule has 3 heterocycles. The Bertz CT molecular complexity index is 1020. The van der Waals surface area contributed by atoms with Gasteiger partial charge in [-0.3, -0.25) is 4.79 Å². The number of hydrogen-bond donors (Lipinski definition) is 0. The summed E-state index contributed by atoms with van der Waals surface area (Å²) in [6, 6.07) is 7.63. The topological polar surface area (TPSA) is 76.2 Å². The molecule has 2 aliphatic heterocycles. The van der Waals surface area contributed by atoms with Crippen LogP contribution in [0, 0.1) is 13.8 Å². The summed E-state index contributed by atoms with van der Waals surface area (Å²) in [5.74, 6) is 0.705. The van der Waals surface area contributed by atoms with Crippen LogP contribution in [0.3, 0.4) is 0 Å². The Hall–Kier alpha value is -1.94. The second-order valence-electron chi connectivity index (χ2n) is 7.96. The van der Waals surface area contributed by atoms with Gasteiger partial charge in [-0.1, -0.05) is 18.2 Å². The summed E-state index contributed by atoms with van der Waals surface area (Å²) >= 11 is 1.19. The summed E-state index contributed by atoms with van der Waals surface area (Å²) in [7, 11) is -3.70. The van der Waals surface area contributed by atoms with E-state index in [1.54, 1.807) is 16.3 Å². The first-order valence-electron chi connectivity index (χ1n) is 10.6. The van der Waals surface area contributed by atoms with Crippen molar-refractivity contribution >= 4 is 27.3 Å². The highest BCUT2D eigenvalue weighted by molar-refractivity contribution is 7.89. The van der Waals surface area contributed by atoms with Crippen molar-refractivity contribution in [2.75, 3.05) is 39.4 Å². The molecule has 31 heavy (non-hydrogen) atoms. The van der Waals surface area contributed by atoms with Gasteiger partial charge < -0.3 is 14.4 Å². The number of carbonyl (C=O) groups is 1. The first-order valence-corrected chi connectivity index (χ1v) is 12.9. The molecule has 0 unspecified atom stereocenters. The molecule has 0 atom stereocenters. The van der Waals surface area contributed by atoms with Crippen LogP contribution < -0.4 is 4.74 Å². The smallest absolute Gasteiger partial charge is 0.265 e. The van der Waals surface area contributed by atoms with E-state index in [2.05, 4.69) is 0 Å². The second kappa shape index (κ2) is 9.28. The Balaban J connectivity index is 1.42. The normalized spacial score (nSPS) is 18.8. The minimum Gasteiger partial charge on any atom is -0.490 e. The van der Waals surface area contributed by atoms with Gasteiger partial charge in [0.2, 0.25) is 10.0 Å². The van der Waals surface area contributed by atoms with Gasteiger partial charge >= 0.3 is 0 Å². The number of sulfonamides is 1. The minimum atomic E-state index is -3.70. The molecule has 2 aromatic rings. The standard InChI is InChI=1S/C22H28N2O5S2/c1-16-4-3-5-17(2)20(16)29-18-6-9-23(10-7-18)22(25)21-19(8-15-30-21)31(26,27)24-11-13-28-14-12-24/h3-5,8,15,18H,6-7,9-14H2,1-2H3. The van der Waals surface area contributed by atoms with Crippen molar-refractivity contribution < 1.29 is 22.7 Å². The van der Waals surface area contributed by atoms with Crippen LogP contribution in [-0.2, 0) is 14.8 Å². The Morgan fingerprint density at radius 2 is 1.71 bits per heavy atom. The summed E-state index contributed by atoms with van der Waals surface area (Å²) < 4.78 is 39.0. The highest BCUT2D eigenvalue weighted by Gasteiger charge is 2.34. The quantitative estimate of drug-likeness (QED) is 0.680. The fourth-order valence-corrected chi connectivity index (χ4v) is 6.82. The number of likely N-dealkylation sites (tertiary alicyclic amines) is 1. The summed E-state index contributed by atoms with van der Waals surface area (Å²) in [5, 5.41) is 1.68. The lowest BCUT2D eigenvalue weighted by Crippen LogP contribution is -2.43. The van der Waals surface area contributed by atoms with Gasteiger partial charge in [0, 0.05) is 39.0 Å². The first kappa shape index (κ1) is 22.3. The number of amides is 1. The van der Waals surface area contributed by atoms with E-state index in [9.17, 15) is 13.2 Å².